The van der Waals surface area contributed by atoms with E-state index in [0.29, 0.717) is 21.9 Å². The van der Waals surface area contributed by atoms with Crippen LogP contribution in [0.25, 0.3) is 10.2 Å². The van der Waals surface area contributed by atoms with Crippen LogP contribution in [-0.4, -0.2) is 35.8 Å². The lowest BCUT2D eigenvalue weighted by Crippen LogP contribution is -2.41. The monoisotopic (exact) mass is 477 g/mol. The van der Waals surface area contributed by atoms with Gasteiger partial charge in [0.1, 0.15) is 0 Å². The summed E-state index contributed by atoms with van der Waals surface area (Å²) in [7, 11) is -1.72. The summed E-state index contributed by atoms with van der Waals surface area (Å²) in [5.41, 5.74) is 2.23. The fraction of sp³-hybridized carbons (Fsp3) is 0.364. The van der Waals surface area contributed by atoms with Gasteiger partial charge in [-0.15, -0.1) is 0 Å². The van der Waals surface area contributed by atoms with E-state index in [-0.39, 0.29) is 10.9 Å². The maximum absolute atomic E-state index is 13.0. The zero-order chi connectivity index (χ0) is 22.3. The van der Waals surface area contributed by atoms with Crippen LogP contribution in [0.15, 0.2) is 46.3 Å². The minimum atomic E-state index is -3.57. The molecule has 0 aliphatic carbocycles. The molecular formula is C22H24ClN3O3S2. The highest BCUT2D eigenvalue weighted by molar-refractivity contribution is 7.89. The number of fused-ring (bicyclic) bond motifs is 1. The number of benzene rings is 2. The van der Waals surface area contributed by atoms with Crippen LogP contribution < -0.4 is 4.80 Å². The molecule has 6 nitrogen and oxygen atoms in total. The van der Waals surface area contributed by atoms with Gasteiger partial charge in [0.15, 0.2) is 4.80 Å². The van der Waals surface area contributed by atoms with E-state index in [9.17, 15) is 13.2 Å². The van der Waals surface area contributed by atoms with Crippen molar-refractivity contribution in [2.75, 3.05) is 6.54 Å². The van der Waals surface area contributed by atoms with E-state index in [0.717, 1.165) is 35.0 Å². The first-order chi connectivity index (χ1) is 14.7. The third-order valence-corrected chi connectivity index (χ3v) is 9.33. The van der Waals surface area contributed by atoms with Crippen LogP contribution >= 0.6 is 22.9 Å². The number of halogens is 1. The third-order valence-electron chi connectivity index (χ3n) is 5.80. The van der Waals surface area contributed by atoms with Crippen LogP contribution in [0, 0.1) is 6.92 Å². The lowest BCUT2D eigenvalue weighted by molar-refractivity contribution is 0.0998. The van der Waals surface area contributed by atoms with E-state index in [4.69, 9.17) is 11.6 Å². The number of piperidine rings is 1. The quantitative estimate of drug-likeness (QED) is 0.557. The smallest absolute Gasteiger partial charge is 0.279 e. The molecule has 1 atom stereocenters. The fourth-order valence-corrected chi connectivity index (χ4v) is 6.92. The predicted octanol–water partition coefficient (Wildman–Crippen LogP) is 4.51. The third kappa shape index (κ3) is 4.09. The molecule has 2 heterocycles. The lowest BCUT2D eigenvalue weighted by Gasteiger charge is -2.32. The van der Waals surface area contributed by atoms with Gasteiger partial charge < -0.3 is 4.57 Å². The molecule has 1 unspecified atom stereocenters. The minimum Gasteiger partial charge on any atom is -0.319 e. The molecule has 0 spiro atoms. The molecule has 1 fully saturated rings. The van der Waals surface area contributed by atoms with Crippen molar-refractivity contribution in [1.82, 2.24) is 8.87 Å². The van der Waals surface area contributed by atoms with Crippen LogP contribution in [0.4, 0.5) is 0 Å². The molecule has 1 saturated heterocycles. The van der Waals surface area contributed by atoms with Crippen molar-refractivity contribution in [2.24, 2.45) is 12.0 Å². The zero-order valence-corrected chi connectivity index (χ0v) is 20.0. The summed E-state index contributed by atoms with van der Waals surface area (Å²) in [5.74, 6) is -0.416. The molecule has 0 saturated carbocycles. The molecule has 164 valence electrons. The molecule has 0 bridgehead atoms. The lowest BCUT2D eigenvalue weighted by atomic mass is 10.1. The van der Waals surface area contributed by atoms with E-state index in [2.05, 4.69) is 4.99 Å². The van der Waals surface area contributed by atoms with Crippen molar-refractivity contribution in [3.8, 4) is 0 Å². The van der Waals surface area contributed by atoms with Crippen LogP contribution in [0.2, 0.25) is 5.02 Å². The number of rotatable bonds is 3. The number of sulfonamides is 1. The summed E-state index contributed by atoms with van der Waals surface area (Å²) < 4.78 is 30.4. The van der Waals surface area contributed by atoms with Crippen molar-refractivity contribution in [3.05, 3.63) is 57.3 Å². The molecule has 1 amide bonds. The van der Waals surface area contributed by atoms with Gasteiger partial charge in [-0.2, -0.15) is 9.30 Å². The number of aryl methyl sites for hydroxylation is 2. The normalized spacial score (nSPS) is 18.6. The molecule has 2 aromatic carbocycles. The largest absolute Gasteiger partial charge is 0.319 e. The number of nitrogens with zero attached hydrogens (tertiary/aromatic N) is 3. The zero-order valence-electron chi connectivity index (χ0n) is 17.6. The first-order valence-corrected chi connectivity index (χ1v) is 12.8. The first-order valence-electron chi connectivity index (χ1n) is 10.2. The number of hydrogen-bond acceptors (Lipinski definition) is 4. The van der Waals surface area contributed by atoms with Gasteiger partial charge in [0.25, 0.3) is 5.91 Å². The Morgan fingerprint density at radius 2 is 1.87 bits per heavy atom. The van der Waals surface area contributed by atoms with Gasteiger partial charge in [0, 0.05) is 30.2 Å². The summed E-state index contributed by atoms with van der Waals surface area (Å²) >= 11 is 7.64. The Labute approximate surface area is 190 Å². The van der Waals surface area contributed by atoms with Crippen LogP contribution in [0.3, 0.4) is 0 Å². The van der Waals surface area contributed by atoms with Gasteiger partial charge in [0.2, 0.25) is 10.0 Å². The predicted molar refractivity (Wildman–Crippen MR) is 124 cm³/mol. The Balaban J connectivity index is 1.64. The number of carbonyl (C=O) groups is 1. The summed E-state index contributed by atoms with van der Waals surface area (Å²) in [6, 6.07) is 9.79. The van der Waals surface area contributed by atoms with Crippen LogP contribution in [0.5, 0.6) is 0 Å². The summed E-state index contributed by atoms with van der Waals surface area (Å²) in [4.78, 5) is 17.8. The molecule has 31 heavy (non-hydrogen) atoms. The highest BCUT2D eigenvalue weighted by Crippen LogP contribution is 2.27. The van der Waals surface area contributed by atoms with Gasteiger partial charge in [-0.1, -0.05) is 29.4 Å². The second kappa shape index (κ2) is 8.50. The average Bonchev–Trinajstić information content (AvgIpc) is 3.07. The molecule has 4 rings (SSSR count). The standard InChI is InChI=1S/C22H24ClN3O3S2/c1-14-6-4-5-13-26(14)31(28,29)17-9-7-16(8-10-17)21(27)24-22-25(3)20-15(2)18(23)11-12-19(20)30-22/h7-12,14H,4-6,13H2,1-3H3. The molecule has 1 aliphatic rings. The van der Waals surface area contributed by atoms with Crippen LogP contribution in [0.1, 0.15) is 42.1 Å². The molecule has 0 radical (unpaired) electrons. The van der Waals surface area contributed by atoms with E-state index in [1.54, 1.807) is 4.31 Å². The van der Waals surface area contributed by atoms with Crippen LogP contribution in [-0.2, 0) is 17.1 Å². The highest BCUT2D eigenvalue weighted by atomic mass is 35.5. The van der Waals surface area contributed by atoms with Gasteiger partial charge in [-0.05, 0) is 68.7 Å². The minimum absolute atomic E-state index is 0.0139. The summed E-state index contributed by atoms with van der Waals surface area (Å²) in [6.45, 7) is 4.41. The first kappa shape index (κ1) is 22.2. The molecule has 1 aliphatic heterocycles. The molecular weight excluding hydrogens is 454 g/mol. The highest BCUT2D eigenvalue weighted by Gasteiger charge is 2.30. The Hall–Kier alpha value is -2.00. The maximum atomic E-state index is 13.0. The van der Waals surface area contributed by atoms with E-state index in [1.807, 2.05) is 37.6 Å². The SMILES string of the molecule is Cc1c(Cl)ccc2sc(=NC(=O)c3ccc(S(=O)(=O)N4CCCCC4C)cc3)n(C)c12. The number of carbonyl (C=O) groups excluding carboxylic acids is 1. The Morgan fingerprint density at radius 1 is 1.16 bits per heavy atom. The number of amides is 1. The molecule has 1 aromatic heterocycles. The van der Waals surface area contributed by atoms with Crippen molar-refractivity contribution >= 4 is 49.1 Å². The second-order valence-corrected chi connectivity index (χ2v) is 11.2. The summed E-state index contributed by atoms with van der Waals surface area (Å²) in [6.07, 6.45) is 2.78. The molecule has 3 aromatic rings. The van der Waals surface area contributed by atoms with E-state index >= 15 is 0 Å². The number of aromatic nitrogens is 1. The van der Waals surface area contributed by atoms with Crippen molar-refractivity contribution < 1.29 is 13.2 Å². The van der Waals surface area contributed by atoms with E-state index < -0.39 is 15.9 Å². The maximum Gasteiger partial charge on any atom is 0.279 e. The Morgan fingerprint density at radius 3 is 2.55 bits per heavy atom. The second-order valence-electron chi connectivity index (χ2n) is 7.86. The van der Waals surface area contributed by atoms with Crippen molar-refractivity contribution in [1.29, 1.82) is 0 Å². The van der Waals surface area contributed by atoms with E-state index in [1.165, 1.54) is 35.6 Å². The fourth-order valence-electron chi connectivity index (χ4n) is 4.00. The molecule has 9 heteroatoms. The van der Waals surface area contributed by atoms with Crippen molar-refractivity contribution in [2.45, 2.75) is 44.0 Å². The average molecular weight is 478 g/mol. The van der Waals surface area contributed by atoms with Gasteiger partial charge >= 0.3 is 0 Å². The Bertz CT molecular complexity index is 1320. The van der Waals surface area contributed by atoms with Gasteiger partial charge in [-0.25, -0.2) is 8.42 Å². The molecule has 0 N–H and O–H groups in total. The summed E-state index contributed by atoms with van der Waals surface area (Å²) in [5, 5.41) is 0.665. The van der Waals surface area contributed by atoms with Gasteiger partial charge in [0.05, 0.1) is 15.1 Å². The van der Waals surface area contributed by atoms with Gasteiger partial charge in [-0.3, -0.25) is 4.79 Å². The van der Waals surface area contributed by atoms with Crippen molar-refractivity contribution in [3.63, 3.8) is 0 Å². The number of thiazole rings is 1. The topological polar surface area (TPSA) is 71.7 Å². The Kier molecular flexibility index (Phi) is 6.09. The number of hydrogen-bond donors (Lipinski definition) is 0.